The molecule has 8 nitrogen and oxygen atoms in total. The Hall–Kier alpha value is -1.96. The molecule has 3 unspecified atom stereocenters. The predicted octanol–water partition coefficient (Wildman–Crippen LogP) is 4.50. The first kappa shape index (κ1) is 30.0. The molecule has 0 heterocycles. The molecule has 0 saturated heterocycles. The molecule has 4 rings (SSSR count). The largest absolute Gasteiger partial charge is 0.469 e. The number of carbonyl (C=O) groups excluding carboxylic acids is 4. The highest BCUT2D eigenvalue weighted by Crippen LogP contribution is 2.73. The second-order valence-electron chi connectivity index (χ2n) is 14.2. The second kappa shape index (κ2) is 10.1. The van der Waals surface area contributed by atoms with Crippen molar-refractivity contribution in [1.29, 1.82) is 0 Å². The Balaban J connectivity index is 1.89. The van der Waals surface area contributed by atoms with Crippen molar-refractivity contribution >= 4 is 23.7 Å². The van der Waals surface area contributed by atoms with Crippen LogP contribution in [-0.4, -0.2) is 54.7 Å². The van der Waals surface area contributed by atoms with Gasteiger partial charge >= 0.3 is 17.9 Å². The van der Waals surface area contributed by atoms with Crippen LogP contribution in [0.2, 0.25) is 0 Å². The van der Waals surface area contributed by atoms with Crippen molar-refractivity contribution in [2.24, 2.45) is 51.2 Å². The van der Waals surface area contributed by atoms with Crippen molar-refractivity contribution in [2.75, 3.05) is 13.7 Å². The molecule has 4 aliphatic rings. The summed E-state index contributed by atoms with van der Waals surface area (Å²) in [6.45, 7) is 13.3. The van der Waals surface area contributed by atoms with E-state index in [0.717, 1.165) is 32.1 Å². The molecule has 4 fully saturated rings. The van der Waals surface area contributed by atoms with E-state index in [4.69, 9.17) is 14.2 Å². The molecule has 39 heavy (non-hydrogen) atoms. The molecule has 4 aliphatic carbocycles. The number of hydrogen-bond donors (Lipinski definition) is 1. The van der Waals surface area contributed by atoms with Crippen molar-refractivity contribution in [3.63, 3.8) is 0 Å². The standard InChI is InChI=1S/C31H48O8/c1-17(32)25-20(39-19(3)34)14-22-29(6)13-10-21-28(4,5)11-9-12-31(21,16-38-18(2)33)23(29)15-24(35)30(22,7)26(25)27(36)37-8/h20-26,35H,9-16H2,1-8H3/t20-,21?,22?,23?,24+,25+,26+,29-,30+,31+/m0/s1. The monoisotopic (exact) mass is 548 g/mol. The lowest BCUT2D eigenvalue weighted by Gasteiger charge is -2.71. The molecule has 0 amide bonds. The summed E-state index contributed by atoms with van der Waals surface area (Å²) in [4.78, 5) is 50.8. The van der Waals surface area contributed by atoms with Gasteiger partial charge in [0.1, 0.15) is 11.9 Å². The molecule has 0 aromatic rings. The molecule has 4 saturated carbocycles. The highest BCUT2D eigenvalue weighted by Gasteiger charge is 2.72. The number of methoxy groups -OCH3 is 1. The molecule has 0 spiro atoms. The number of aliphatic hydroxyl groups excluding tert-OH is 1. The van der Waals surface area contributed by atoms with Gasteiger partial charge in [-0.3, -0.25) is 19.2 Å². The number of esters is 3. The van der Waals surface area contributed by atoms with Crippen LogP contribution in [0.5, 0.6) is 0 Å². The molecule has 8 heteroatoms. The van der Waals surface area contributed by atoms with Crippen molar-refractivity contribution in [3.8, 4) is 0 Å². The molecule has 0 bridgehead atoms. The minimum absolute atomic E-state index is 0.0286. The van der Waals surface area contributed by atoms with Gasteiger partial charge in [-0.25, -0.2) is 0 Å². The summed E-state index contributed by atoms with van der Waals surface area (Å²) >= 11 is 0. The van der Waals surface area contributed by atoms with Crippen LogP contribution >= 0.6 is 0 Å². The normalized spacial score (nSPS) is 44.6. The fourth-order valence-corrected chi connectivity index (χ4v) is 10.5. The summed E-state index contributed by atoms with van der Waals surface area (Å²) < 4.78 is 16.8. The van der Waals surface area contributed by atoms with Crippen LogP contribution in [0.25, 0.3) is 0 Å². The zero-order valence-electron chi connectivity index (χ0n) is 25.0. The Labute approximate surface area is 232 Å². The zero-order chi connectivity index (χ0) is 29.1. The smallest absolute Gasteiger partial charge is 0.310 e. The van der Waals surface area contributed by atoms with Crippen molar-refractivity contribution in [3.05, 3.63) is 0 Å². The average Bonchev–Trinajstić information content (AvgIpc) is 2.83. The van der Waals surface area contributed by atoms with Gasteiger partial charge in [-0.05, 0) is 74.0 Å². The summed E-state index contributed by atoms with van der Waals surface area (Å²) in [7, 11) is 1.30. The van der Waals surface area contributed by atoms with Crippen LogP contribution < -0.4 is 0 Å². The molecule has 0 aromatic heterocycles. The third-order valence-corrected chi connectivity index (χ3v) is 12.0. The number of ether oxygens (including phenoxy) is 3. The van der Waals surface area contributed by atoms with Crippen LogP contribution in [0, 0.1) is 51.2 Å². The molecule has 1 N–H and O–H groups in total. The Morgan fingerprint density at radius 3 is 2.10 bits per heavy atom. The zero-order valence-corrected chi connectivity index (χ0v) is 25.0. The van der Waals surface area contributed by atoms with E-state index >= 15 is 0 Å². The van der Waals surface area contributed by atoms with Gasteiger partial charge < -0.3 is 19.3 Å². The van der Waals surface area contributed by atoms with Crippen LogP contribution in [0.3, 0.4) is 0 Å². The molecular formula is C31H48O8. The van der Waals surface area contributed by atoms with E-state index in [9.17, 15) is 24.3 Å². The highest BCUT2D eigenvalue weighted by molar-refractivity contribution is 5.87. The average molecular weight is 549 g/mol. The number of carbonyl (C=O) groups is 4. The van der Waals surface area contributed by atoms with E-state index in [2.05, 4.69) is 20.8 Å². The van der Waals surface area contributed by atoms with Crippen LogP contribution in [0.1, 0.15) is 93.4 Å². The van der Waals surface area contributed by atoms with Gasteiger partial charge in [-0.15, -0.1) is 0 Å². The van der Waals surface area contributed by atoms with E-state index in [1.54, 1.807) is 0 Å². The SMILES string of the molecule is COC(=O)[C@H]1[C@H](C(C)=O)[C@@H](OC(C)=O)CC2[C@]3(C)CCC4C(C)(C)CCC[C@]4(COC(C)=O)C3C[C@@H](O)[C@@]21C. The number of Topliss-reactive ketones (excluding diaryl/α,β-unsaturated/α-hetero) is 1. The van der Waals surface area contributed by atoms with E-state index in [-0.39, 0.29) is 39.8 Å². The second-order valence-corrected chi connectivity index (χ2v) is 14.2. The maximum Gasteiger partial charge on any atom is 0.310 e. The lowest BCUT2D eigenvalue weighted by Crippen LogP contribution is -2.71. The Morgan fingerprint density at radius 2 is 1.54 bits per heavy atom. The topological polar surface area (TPSA) is 116 Å². The molecular weight excluding hydrogens is 500 g/mol. The minimum Gasteiger partial charge on any atom is -0.469 e. The van der Waals surface area contributed by atoms with Crippen LogP contribution in [0.15, 0.2) is 0 Å². The molecule has 0 aromatic carbocycles. The third kappa shape index (κ3) is 4.53. The van der Waals surface area contributed by atoms with E-state index < -0.39 is 41.4 Å². The predicted molar refractivity (Wildman–Crippen MR) is 143 cm³/mol. The van der Waals surface area contributed by atoms with Crippen LogP contribution in [0.4, 0.5) is 0 Å². The Kier molecular flexibility index (Phi) is 7.81. The van der Waals surface area contributed by atoms with Gasteiger partial charge in [-0.2, -0.15) is 0 Å². The first-order chi connectivity index (χ1) is 18.1. The van der Waals surface area contributed by atoms with Crippen molar-refractivity contribution in [1.82, 2.24) is 0 Å². The summed E-state index contributed by atoms with van der Waals surface area (Å²) in [5.41, 5.74) is -1.54. The maximum absolute atomic E-state index is 13.5. The number of fused-ring (bicyclic) bond motifs is 5. The highest BCUT2D eigenvalue weighted by atomic mass is 16.5. The third-order valence-electron chi connectivity index (χ3n) is 12.0. The molecule has 0 radical (unpaired) electrons. The Morgan fingerprint density at radius 1 is 0.872 bits per heavy atom. The van der Waals surface area contributed by atoms with Crippen molar-refractivity contribution < 1.29 is 38.5 Å². The molecule has 0 aliphatic heterocycles. The minimum atomic E-state index is -0.953. The van der Waals surface area contributed by atoms with Gasteiger partial charge in [0, 0.05) is 24.7 Å². The molecule has 10 atom stereocenters. The number of hydrogen-bond acceptors (Lipinski definition) is 8. The van der Waals surface area contributed by atoms with E-state index in [1.165, 1.54) is 27.9 Å². The van der Waals surface area contributed by atoms with Crippen molar-refractivity contribution in [2.45, 2.75) is 106 Å². The quantitative estimate of drug-likeness (QED) is 0.395. The van der Waals surface area contributed by atoms with E-state index in [0.29, 0.717) is 25.4 Å². The van der Waals surface area contributed by atoms with Gasteiger partial charge in [0.05, 0.1) is 31.7 Å². The number of rotatable bonds is 5. The van der Waals surface area contributed by atoms with Gasteiger partial charge in [0.2, 0.25) is 0 Å². The molecule has 220 valence electrons. The summed E-state index contributed by atoms with van der Waals surface area (Å²) in [6, 6.07) is 0. The lowest BCUT2D eigenvalue weighted by atomic mass is 9.33. The Bertz CT molecular complexity index is 1020. The summed E-state index contributed by atoms with van der Waals surface area (Å²) in [5, 5.41) is 12.1. The lowest BCUT2D eigenvalue weighted by molar-refractivity contribution is -0.272. The van der Waals surface area contributed by atoms with Gasteiger partial charge in [-0.1, -0.05) is 34.1 Å². The van der Waals surface area contributed by atoms with E-state index in [1.807, 2.05) is 6.92 Å². The number of aliphatic hydroxyl groups is 1. The fraction of sp³-hybridized carbons (Fsp3) is 0.871. The summed E-state index contributed by atoms with van der Waals surface area (Å²) in [5.74, 6) is -3.31. The first-order valence-electron chi connectivity index (χ1n) is 14.6. The fourth-order valence-electron chi connectivity index (χ4n) is 10.5. The number of ketones is 1. The first-order valence-corrected chi connectivity index (χ1v) is 14.6. The summed E-state index contributed by atoms with van der Waals surface area (Å²) in [6.07, 6.45) is 4.03. The van der Waals surface area contributed by atoms with Gasteiger partial charge in [0.15, 0.2) is 0 Å². The maximum atomic E-state index is 13.5. The van der Waals surface area contributed by atoms with Gasteiger partial charge in [0.25, 0.3) is 0 Å². The van der Waals surface area contributed by atoms with Crippen LogP contribution in [-0.2, 0) is 33.4 Å².